The number of carbonyl (C=O) groups excluding carboxylic acids is 2. The van der Waals surface area contributed by atoms with Crippen molar-refractivity contribution in [3.05, 3.63) is 0 Å². The third kappa shape index (κ3) is 7.38. The zero-order valence-electron chi connectivity index (χ0n) is 6.24. The second-order valence-corrected chi connectivity index (χ2v) is 2.25. The number of nitrogens with one attached hydrogen (secondary N) is 2. The molecule has 4 nitrogen and oxygen atoms in total. The van der Waals surface area contributed by atoms with Gasteiger partial charge in [-0.1, -0.05) is 0 Å². The van der Waals surface area contributed by atoms with Gasteiger partial charge >= 0.3 is 12.2 Å². The summed E-state index contributed by atoms with van der Waals surface area (Å²) in [6, 6.07) is -1.22. The summed E-state index contributed by atoms with van der Waals surface area (Å²) in [5, 5.41) is 3.01. The molecule has 0 saturated heterocycles. The summed E-state index contributed by atoms with van der Waals surface area (Å²) in [4.78, 5) is 20.8. The molecule has 0 heterocycles. The van der Waals surface area contributed by atoms with E-state index in [0.717, 1.165) is 0 Å². The third-order valence-electron chi connectivity index (χ3n) is 0.824. The number of imide groups is 1. The summed E-state index contributed by atoms with van der Waals surface area (Å²) in [5.74, 6) is -1.35. The van der Waals surface area contributed by atoms with E-state index in [1.807, 2.05) is 0 Å². The molecule has 0 bridgehead atoms. The Bertz CT molecular complexity index is 206. The molecule has 0 aromatic heterocycles. The molecule has 0 radical (unpaired) electrons. The maximum atomic E-state index is 11.5. The molecule has 76 valence electrons. The first-order valence-electron chi connectivity index (χ1n) is 3.05. The Kier molecular flexibility index (Phi) is 4.53. The first-order valence-corrected chi connectivity index (χ1v) is 3.59. The van der Waals surface area contributed by atoms with Crippen molar-refractivity contribution in [2.75, 3.05) is 12.4 Å². The number of urea groups is 1. The Labute approximate surface area is 76.4 Å². The molecular formula is C5H6ClF3N2O2. The molecule has 0 spiro atoms. The summed E-state index contributed by atoms with van der Waals surface area (Å²) in [5.41, 5.74) is 0. The molecule has 3 amide bonds. The highest BCUT2D eigenvalue weighted by Crippen LogP contribution is 2.11. The molecule has 2 N–H and O–H groups in total. The molecule has 0 fully saturated rings. The van der Waals surface area contributed by atoms with Crippen LogP contribution in [-0.4, -0.2) is 30.5 Å². The van der Waals surface area contributed by atoms with Crippen LogP contribution >= 0.6 is 11.6 Å². The fraction of sp³-hybridized carbons (Fsp3) is 0.600. The topological polar surface area (TPSA) is 58.2 Å². The number of hydrogen-bond donors (Lipinski definition) is 2. The molecule has 13 heavy (non-hydrogen) atoms. The summed E-state index contributed by atoms with van der Waals surface area (Å²) in [6.07, 6.45) is -4.50. The third-order valence-corrected chi connectivity index (χ3v) is 1.07. The summed E-state index contributed by atoms with van der Waals surface area (Å²) in [6.45, 7) is -1.49. The lowest BCUT2D eigenvalue weighted by atomic mass is 10.6. The van der Waals surface area contributed by atoms with Crippen LogP contribution in [0.15, 0.2) is 0 Å². The fourth-order valence-corrected chi connectivity index (χ4v) is 0.452. The predicted octanol–water partition coefficient (Wildman–Crippen LogP) is 0.613. The van der Waals surface area contributed by atoms with Crippen molar-refractivity contribution in [3.63, 3.8) is 0 Å². The van der Waals surface area contributed by atoms with E-state index in [0.29, 0.717) is 0 Å². The highest BCUT2D eigenvalue weighted by atomic mass is 35.5. The van der Waals surface area contributed by atoms with E-state index in [2.05, 4.69) is 0 Å². The number of carbonyl (C=O) groups is 2. The molecule has 8 heteroatoms. The molecule has 0 atom stereocenters. The van der Waals surface area contributed by atoms with Crippen LogP contribution in [0.4, 0.5) is 18.0 Å². The lowest BCUT2D eigenvalue weighted by Crippen LogP contribution is -2.43. The van der Waals surface area contributed by atoms with Gasteiger partial charge < -0.3 is 5.32 Å². The van der Waals surface area contributed by atoms with Crippen molar-refractivity contribution in [1.29, 1.82) is 0 Å². The van der Waals surface area contributed by atoms with Gasteiger partial charge in [0.1, 0.15) is 12.4 Å². The van der Waals surface area contributed by atoms with Crippen molar-refractivity contribution in [3.8, 4) is 0 Å². The van der Waals surface area contributed by atoms with Crippen LogP contribution in [0.1, 0.15) is 0 Å². The normalized spacial score (nSPS) is 10.8. The zero-order valence-corrected chi connectivity index (χ0v) is 7.00. The smallest absolute Gasteiger partial charge is 0.329 e. The summed E-state index contributed by atoms with van der Waals surface area (Å²) < 4.78 is 34.4. The average molecular weight is 219 g/mol. The monoisotopic (exact) mass is 218 g/mol. The van der Waals surface area contributed by atoms with Crippen molar-refractivity contribution < 1.29 is 22.8 Å². The number of amides is 3. The number of alkyl halides is 4. The predicted molar refractivity (Wildman–Crippen MR) is 38.3 cm³/mol. The highest BCUT2D eigenvalue weighted by Gasteiger charge is 2.27. The number of hydrogen-bond acceptors (Lipinski definition) is 2. The Morgan fingerprint density at radius 2 is 1.85 bits per heavy atom. The van der Waals surface area contributed by atoms with E-state index in [1.165, 1.54) is 5.32 Å². The fourth-order valence-electron chi connectivity index (χ4n) is 0.385. The molecule has 0 aliphatic carbocycles. The maximum Gasteiger partial charge on any atom is 0.405 e. The molecule has 0 aliphatic rings. The second kappa shape index (κ2) is 4.90. The lowest BCUT2D eigenvalue weighted by Gasteiger charge is -2.07. The number of halogens is 4. The largest absolute Gasteiger partial charge is 0.405 e. The van der Waals surface area contributed by atoms with Gasteiger partial charge in [0.25, 0.3) is 0 Å². The van der Waals surface area contributed by atoms with Crippen molar-refractivity contribution in [2.45, 2.75) is 6.18 Å². The minimum atomic E-state index is -4.50. The van der Waals surface area contributed by atoms with Gasteiger partial charge in [0.2, 0.25) is 5.91 Å². The molecule has 0 rings (SSSR count). The lowest BCUT2D eigenvalue weighted by molar-refractivity contribution is -0.124. The average Bonchev–Trinajstić information content (AvgIpc) is 1.99. The van der Waals surface area contributed by atoms with Crippen molar-refractivity contribution in [2.24, 2.45) is 0 Å². The zero-order chi connectivity index (χ0) is 10.5. The number of rotatable bonds is 2. The van der Waals surface area contributed by atoms with Gasteiger partial charge in [0.15, 0.2) is 0 Å². The minimum Gasteiger partial charge on any atom is -0.329 e. The Morgan fingerprint density at radius 1 is 1.31 bits per heavy atom. The first kappa shape index (κ1) is 12.0. The van der Waals surface area contributed by atoms with Crippen LogP contribution in [0.25, 0.3) is 0 Å². The minimum absolute atomic E-state index is 0.487. The van der Waals surface area contributed by atoms with E-state index >= 15 is 0 Å². The SMILES string of the molecule is O=C(CCl)NC(=O)NCC(F)(F)F. The molecule has 0 saturated carbocycles. The van der Waals surface area contributed by atoms with Crippen LogP contribution in [-0.2, 0) is 4.79 Å². The van der Waals surface area contributed by atoms with Gasteiger partial charge in [-0.15, -0.1) is 11.6 Å². The Balaban J connectivity index is 3.70. The van der Waals surface area contributed by atoms with Gasteiger partial charge in [-0.05, 0) is 0 Å². The molecule has 0 aliphatic heterocycles. The summed E-state index contributed by atoms with van der Waals surface area (Å²) >= 11 is 4.97. The Hall–Kier alpha value is -0.980. The van der Waals surface area contributed by atoms with Crippen LogP contribution in [0.3, 0.4) is 0 Å². The molecular weight excluding hydrogens is 213 g/mol. The van der Waals surface area contributed by atoms with E-state index < -0.39 is 30.5 Å². The van der Waals surface area contributed by atoms with Crippen LogP contribution < -0.4 is 10.6 Å². The highest BCUT2D eigenvalue weighted by molar-refractivity contribution is 6.28. The van der Waals surface area contributed by atoms with Gasteiger partial charge in [0, 0.05) is 0 Å². The van der Waals surface area contributed by atoms with Crippen LogP contribution in [0, 0.1) is 0 Å². The first-order chi connectivity index (χ1) is 5.85. The Morgan fingerprint density at radius 3 is 2.23 bits per heavy atom. The van der Waals surface area contributed by atoms with E-state index in [9.17, 15) is 22.8 Å². The molecule has 0 aromatic rings. The molecule has 0 unspecified atom stereocenters. The van der Waals surface area contributed by atoms with Crippen molar-refractivity contribution in [1.82, 2.24) is 10.6 Å². The quantitative estimate of drug-likeness (QED) is 0.668. The van der Waals surface area contributed by atoms with Gasteiger partial charge in [0.05, 0.1) is 0 Å². The van der Waals surface area contributed by atoms with Crippen LogP contribution in [0.2, 0.25) is 0 Å². The van der Waals surface area contributed by atoms with E-state index in [4.69, 9.17) is 11.6 Å². The second-order valence-electron chi connectivity index (χ2n) is 1.98. The van der Waals surface area contributed by atoms with E-state index in [1.54, 1.807) is 5.32 Å². The standard InChI is InChI=1S/C5H6ClF3N2O2/c6-1-3(12)11-4(13)10-2-5(7,8)9/h1-2H2,(H2,10,11,12,13). The van der Waals surface area contributed by atoms with E-state index in [-0.39, 0.29) is 0 Å². The van der Waals surface area contributed by atoms with Crippen molar-refractivity contribution >= 4 is 23.5 Å². The van der Waals surface area contributed by atoms with Gasteiger partial charge in [-0.25, -0.2) is 4.79 Å². The van der Waals surface area contributed by atoms with Gasteiger partial charge in [-0.2, -0.15) is 13.2 Å². The van der Waals surface area contributed by atoms with Gasteiger partial charge in [-0.3, -0.25) is 10.1 Å². The maximum absolute atomic E-state index is 11.5. The molecule has 0 aromatic carbocycles. The van der Waals surface area contributed by atoms with Crippen LogP contribution in [0.5, 0.6) is 0 Å². The summed E-state index contributed by atoms with van der Waals surface area (Å²) in [7, 11) is 0.